The van der Waals surface area contributed by atoms with Crippen LogP contribution >= 0.6 is 11.3 Å². The van der Waals surface area contributed by atoms with Crippen molar-refractivity contribution in [3.63, 3.8) is 0 Å². The second-order valence-corrected chi connectivity index (χ2v) is 7.70. The number of nitrogens with one attached hydrogen (secondary N) is 4. The minimum absolute atomic E-state index is 0.0242. The van der Waals surface area contributed by atoms with E-state index in [0.29, 0.717) is 23.9 Å². The van der Waals surface area contributed by atoms with Gasteiger partial charge in [-0.3, -0.25) is 14.7 Å². The number of hydrogen-bond acceptors (Lipinski definition) is 7. The van der Waals surface area contributed by atoms with Gasteiger partial charge in [0.2, 0.25) is 11.8 Å². The molecule has 3 aromatic rings. The molecule has 3 rings (SSSR count). The van der Waals surface area contributed by atoms with Crippen molar-refractivity contribution in [1.82, 2.24) is 20.2 Å². The third-order valence-electron chi connectivity index (χ3n) is 4.24. The van der Waals surface area contributed by atoms with Gasteiger partial charge in [-0.05, 0) is 24.3 Å². The van der Waals surface area contributed by atoms with E-state index >= 15 is 0 Å². The smallest absolute Gasteiger partial charge is 0.225 e. The minimum Gasteiger partial charge on any atom is -0.370 e. The van der Waals surface area contributed by atoms with Crippen LogP contribution in [0, 0.1) is 0 Å². The fraction of sp³-hybridized carbons (Fsp3) is 0.350. The lowest BCUT2D eigenvalue weighted by Crippen LogP contribution is -2.11. The van der Waals surface area contributed by atoms with Gasteiger partial charge in [-0.25, -0.2) is 9.97 Å². The van der Waals surface area contributed by atoms with Gasteiger partial charge < -0.3 is 16.0 Å². The summed E-state index contributed by atoms with van der Waals surface area (Å²) in [4.78, 5) is 32.3. The lowest BCUT2D eigenvalue weighted by Gasteiger charge is -2.07. The molecule has 3 heterocycles. The Balaban J connectivity index is 1.27. The first-order chi connectivity index (χ1) is 14.6. The number of carbonyl (C=O) groups excluding carboxylic acids is 2. The van der Waals surface area contributed by atoms with E-state index in [0.717, 1.165) is 42.8 Å². The lowest BCUT2D eigenvalue weighted by atomic mass is 10.1. The third kappa shape index (κ3) is 6.96. The average molecular weight is 428 g/mol. The zero-order chi connectivity index (χ0) is 21.2. The Kier molecular flexibility index (Phi) is 7.90. The molecule has 0 radical (unpaired) electrons. The van der Waals surface area contributed by atoms with E-state index in [4.69, 9.17) is 0 Å². The largest absolute Gasteiger partial charge is 0.370 e. The Morgan fingerprint density at radius 3 is 2.67 bits per heavy atom. The quantitative estimate of drug-likeness (QED) is 0.344. The van der Waals surface area contributed by atoms with E-state index in [1.54, 1.807) is 17.4 Å². The summed E-state index contributed by atoms with van der Waals surface area (Å²) in [6, 6.07) is 7.53. The molecule has 0 unspecified atom stereocenters. The molecule has 0 saturated carbocycles. The molecule has 0 spiro atoms. The number of hydrogen-bond donors (Lipinski definition) is 4. The Bertz CT molecular complexity index is 956. The van der Waals surface area contributed by atoms with Gasteiger partial charge in [0.25, 0.3) is 0 Å². The molecule has 0 aliphatic rings. The fourth-order valence-electron chi connectivity index (χ4n) is 2.83. The number of rotatable bonds is 11. The number of H-pyrrole nitrogens is 1. The van der Waals surface area contributed by atoms with E-state index in [9.17, 15) is 9.59 Å². The number of unbranched alkanes of at least 4 members (excludes halogenated alkanes) is 3. The molecule has 9 nitrogen and oxygen atoms in total. The first-order valence-electron chi connectivity index (χ1n) is 9.83. The number of anilines is 3. The molecule has 30 heavy (non-hydrogen) atoms. The molecule has 0 aliphatic carbocycles. The molecule has 3 aromatic heterocycles. The van der Waals surface area contributed by atoms with Crippen molar-refractivity contribution in [2.24, 2.45) is 0 Å². The molecule has 0 aromatic carbocycles. The van der Waals surface area contributed by atoms with Crippen molar-refractivity contribution in [2.45, 2.75) is 39.0 Å². The van der Waals surface area contributed by atoms with E-state index in [-0.39, 0.29) is 11.8 Å². The summed E-state index contributed by atoms with van der Waals surface area (Å²) >= 11 is 1.62. The minimum atomic E-state index is -0.168. The van der Waals surface area contributed by atoms with Crippen molar-refractivity contribution in [2.75, 3.05) is 22.5 Å². The van der Waals surface area contributed by atoms with Crippen LogP contribution in [0.5, 0.6) is 0 Å². The molecule has 0 atom stereocenters. The molecule has 0 fully saturated rings. The standard InChI is InChI=1S/C20H25N7O2S/c1-14(28)24-18-12-17(22-13-23-18)21-9-5-3-2-4-8-20(29)25-19-11-15(26-27-19)16-7-6-10-30-16/h6-7,10-13H,2-5,8-9H2,1H3,(H2,25,26,27,29)(H2,21,22,23,24,28). The highest BCUT2D eigenvalue weighted by molar-refractivity contribution is 7.13. The van der Waals surface area contributed by atoms with Crippen molar-refractivity contribution >= 4 is 40.6 Å². The monoisotopic (exact) mass is 427 g/mol. The molecular weight excluding hydrogens is 402 g/mol. The SMILES string of the molecule is CC(=O)Nc1cc(NCCCCCCC(=O)Nc2cc(-c3cccs3)[nH]n2)ncn1. The van der Waals surface area contributed by atoms with Crippen LogP contribution < -0.4 is 16.0 Å². The van der Waals surface area contributed by atoms with Gasteiger partial charge in [0.15, 0.2) is 5.82 Å². The second-order valence-electron chi connectivity index (χ2n) is 6.75. The Morgan fingerprint density at radius 2 is 1.87 bits per heavy atom. The Labute approximate surface area is 178 Å². The third-order valence-corrected chi connectivity index (χ3v) is 5.14. The van der Waals surface area contributed by atoms with Crippen LogP contribution in [0.1, 0.15) is 39.0 Å². The highest BCUT2D eigenvalue weighted by Crippen LogP contribution is 2.24. The number of aromatic nitrogens is 4. The van der Waals surface area contributed by atoms with Gasteiger partial charge in [-0.15, -0.1) is 11.3 Å². The summed E-state index contributed by atoms with van der Waals surface area (Å²) in [5, 5.41) is 17.8. The molecule has 10 heteroatoms. The topological polar surface area (TPSA) is 125 Å². The van der Waals surface area contributed by atoms with Gasteiger partial charge >= 0.3 is 0 Å². The van der Waals surface area contributed by atoms with Crippen LogP contribution in [0.25, 0.3) is 10.6 Å². The van der Waals surface area contributed by atoms with Crippen LogP contribution in [-0.2, 0) is 9.59 Å². The van der Waals surface area contributed by atoms with Crippen molar-refractivity contribution in [3.05, 3.63) is 36.0 Å². The highest BCUT2D eigenvalue weighted by atomic mass is 32.1. The second kappa shape index (κ2) is 11.1. The van der Waals surface area contributed by atoms with E-state index in [2.05, 4.69) is 36.1 Å². The molecule has 0 saturated heterocycles. The zero-order valence-electron chi connectivity index (χ0n) is 16.8. The molecule has 4 N–H and O–H groups in total. The van der Waals surface area contributed by atoms with Crippen LogP contribution in [0.4, 0.5) is 17.5 Å². The number of aromatic amines is 1. The normalized spacial score (nSPS) is 10.6. The summed E-state index contributed by atoms with van der Waals surface area (Å²) in [5.41, 5.74) is 0.903. The molecular formula is C20H25N7O2S. The van der Waals surface area contributed by atoms with Crippen LogP contribution in [-0.4, -0.2) is 38.5 Å². The first kappa shape index (κ1) is 21.4. The first-order valence-corrected chi connectivity index (χ1v) is 10.7. The molecule has 2 amide bonds. The van der Waals surface area contributed by atoms with Gasteiger partial charge in [0.1, 0.15) is 18.0 Å². The van der Waals surface area contributed by atoms with Crippen molar-refractivity contribution < 1.29 is 9.59 Å². The van der Waals surface area contributed by atoms with Gasteiger partial charge in [-0.1, -0.05) is 18.9 Å². The van der Waals surface area contributed by atoms with Crippen molar-refractivity contribution in [1.29, 1.82) is 0 Å². The van der Waals surface area contributed by atoms with E-state index in [1.165, 1.54) is 13.3 Å². The number of nitrogens with zero attached hydrogens (tertiary/aromatic N) is 3. The van der Waals surface area contributed by atoms with Gasteiger partial charge in [-0.2, -0.15) is 5.10 Å². The predicted molar refractivity (Wildman–Crippen MR) is 118 cm³/mol. The van der Waals surface area contributed by atoms with Crippen LogP contribution in [0.3, 0.4) is 0 Å². The Morgan fingerprint density at radius 1 is 1.03 bits per heavy atom. The summed E-state index contributed by atoms with van der Waals surface area (Å²) in [7, 11) is 0. The summed E-state index contributed by atoms with van der Waals surface area (Å²) in [6.07, 6.45) is 5.65. The summed E-state index contributed by atoms with van der Waals surface area (Å²) in [5.74, 6) is 1.51. The molecule has 158 valence electrons. The number of thiophene rings is 1. The van der Waals surface area contributed by atoms with E-state index < -0.39 is 0 Å². The zero-order valence-corrected chi connectivity index (χ0v) is 17.6. The predicted octanol–water partition coefficient (Wildman–Crippen LogP) is 3.89. The van der Waals surface area contributed by atoms with Gasteiger partial charge in [0, 0.05) is 32.0 Å². The Hall–Kier alpha value is -3.27. The summed E-state index contributed by atoms with van der Waals surface area (Å²) < 4.78 is 0. The molecule has 0 bridgehead atoms. The maximum Gasteiger partial charge on any atom is 0.225 e. The maximum atomic E-state index is 12.1. The van der Waals surface area contributed by atoms with E-state index in [1.807, 2.05) is 23.6 Å². The number of carbonyl (C=O) groups is 2. The lowest BCUT2D eigenvalue weighted by molar-refractivity contribution is -0.116. The van der Waals surface area contributed by atoms with Crippen LogP contribution in [0.2, 0.25) is 0 Å². The van der Waals surface area contributed by atoms with Crippen molar-refractivity contribution in [3.8, 4) is 10.6 Å². The van der Waals surface area contributed by atoms with Crippen LogP contribution in [0.15, 0.2) is 36.0 Å². The fourth-order valence-corrected chi connectivity index (χ4v) is 3.52. The number of amides is 2. The summed E-state index contributed by atoms with van der Waals surface area (Å²) in [6.45, 7) is 2.20. The molecule has 0 aliphatic heterocycles. The average Bonchev–Trinajstić information content (AvgIpc) is 3.39. The van der Waals surface area contributed by atoms with Gasteiger partial charge in [0.05, 0.1) is 10.6 Å². The highest BCUT2D eigenvalue weighted by Gasteiger charge is 2.08. The maximum absolute atomic E-state index is 12.1.